The van der Waals surface area contributed by atoms with E-state index in [0.717, 1.165) is 37.1 Å². The van der Waals surface area contributed by atoms with Crippen molar-refractivity contribution in [2.24, 2.45) is 0 Å². The van der Waals surface area contributed by atoms with E-state index in [-0.39, 0.29) is 10.9 Å². The van der Waals surface area contributed by atoms with E-state index in [4.69, 9.17) is 0 Å². The van der Waals surface area contributed by atoms with Crippen molar-refractivity contribution in [3.63, 3.8) is 0 Å². The maximum Gasteiger partial charge on any atom is 0.269 e. The minimum atomic E-state index is -3.71. The van der Waals surface area contributed by atoms with Crippen LogP contribution in [0.5, 0.6) is 0 Å². The highest BCUT2D eigenvalue weighted by atomic mass is 79.9. The number of hydrogen-bond acceptors (Lipinski definition) is 4. The Balaban J connectivity index is 1.82. The fraction of sp³-hybridized carbons (Fsp3) is 0.333. The van der Waals surface area contributed by atoms with E-state index in [1.54, 1.807) is 18.2 Å². The smallest absolute Gasteiger partial charge is 0.269 e. The van der Waals surface area contributed by atoms with Crippen LogP contribution in [0, 0.1) is 0 Å². The average Bonchev–Trinajstić information content (AvgIpc) is 3.09. The first-order chi connectivity index (χ1) is 13.4. The van der Waals surface area contributed by atoms with Gasteiger partial charge >= 0.3 is 0 Å². The second-order valence-electron chi connectivity index (χ2n) is 7.35. The molecule has 0 aliphatic carbocycles. The van der Waals surface area contributed by atoms with Crippen molar-refractivity contribution in [1.82, 2.24) is 13.8 Å². The van der Waals surface area contributed by atoms with E-state index in [2.05, 4.69) is 39.7 Å². The molecule has 1 aromatic heterocycles. The van der Waals surface area contributed by atoms with Crippen molar-refractivity contribution in [3.8, 4) is 0 Å². The summed E-state index contributed by atoms with van der Waals surface area (Å²) in [5.41, 5.74) is 1.77. The number of aromatic nitrogens is 1. The molecule has 0 bridgehead atoms. The summed E-state index contributed by atoms with van der Waals surface area (Å²) in [6.45, 7) is 6.18. The Labute approximate surface area is 174 Å². The van der Waals surface area contributed by atoms with Crippen LogP contribution in [-0.4, -0.2) is 55.4 Å². The molecule has 1 unspecified atom stereocenters. The van der Waals surface area contributed by atoms with Crippen molar-refractivity contribution in [2.75, 3.05) is 33.2 Å². The van der Waals surface area contributed by atoms with Crippen LogP contribution in [0.2, 0.25) is 0 Å². The fourth-order valence-corrected chi connectivity index (χ4v) is 6.22. The predicted octanol–water partition coefficient (Wildman–Crippen LogP) is 3.95. The molecule has 7 heteroatoms. The number of piperazine rings is 1. The van der Waals surface area contributed by atoms with Crippen LogP contribution in [-0.2, 0) is 10.0 Å². The number of nitrogens with zero attached hydrogens (tertiary/aromatic N) is 3. The van der Waals surface area contributed by atoms with Gasteiger partial charge in [-0.3, -0.25) is 4.90 Å². The first kappa shape index (κ1) is 19.6. The van der Waals surface area contributed by atoms with Gasteiger partial charge in [0, 0.05) is 48.3 Å². The molecule has 0 N–H and O–H groups in total. The Morgan fingerprint density at radius 3 is 2.32 bits per heavy atom. The zero-order chi connectivity index (χ0) is 19.9. The maximum atomic E-state index is 13.4. The first-order valence-electron chi connectivity index (χ1n) is 9.42. The van der Waals surface area contributed by atoms with E-state index in [9.17, 15) is 8.42 Å². The lowest BCUT2D eigenvalue weighted by molar-refractivity contribution is 0.119. The van der Waals surface area contributed by atoms with E-state index in [1.165, 1.54) is 3.97 Å². The summed E-state index contributed by atoms with van der Waals surface area (Å²) in [5, 5.41) is 0.990. The zero-order valence-electron chi connectivity index (χ0n) is 16.0. The Hall–Kier alpha value is -1.67. The molecule has 1 aliphatic rings. The van der Waals surface area contributed by atoms with Crippen LogP contribution in [0.3, 0.4) is 0 Å². The molecule has 2 aromatic carbocycles. The minimum Gasteiger partial charge on any atom is -0.304 e. The molecular weight excluding hydrogens is 438 g/mol. The van der Waals surface area contributed by atoms with E-state index in [0.29, 0.717) is 9.99 Å². The second-order valence-corrected chi connectivity index (χ2v) is 9.99. The third kappa shape index (κ3) is 3.41. The summed E-state index contributed by atoms with van der Waals surface area (Å²) in [5.74, 6) is 0. The molecule has 0 saturated carbocycles. The number of likely N-dealkylation sites (N-methyl/N-ethyl adjacent to an activating group) is 1. The van der Waals surface area contributed by atoms with Gasteiger partial charge in [-0.05, 0) is 53.7 Å². The molecule has 148 valence electrons. The highest BCUT2D eigenvalue weighted by molar-refractivity contribution is 9.10. The monoisotopic (exact) mass is 461 g/mol. The van der Waals surface area contributed by atoms with Crippen molar-refractivity contribution >= 4 is 36.9 Å². The summed E-state index contributed by atoms with van der Waals surface area (Å²) in [4.78, 5) is 5.02. The van der Waals surface area contributed by atoms with Gasteiger partial charge in [0.15, 0.2) is 0 Å². The van der Waals surface area contributed by atoms with Gasteiger partial charge in [0.05, 0.1) is 5.52 Å². The Kier molecular flexibility index (Phi) is 5.35. The molecular formula is C21H24BrN3O2S. The van der Waals surface area contributed by atoms with Gasteiger partial charge in [-0.1, -0.05) is 30.3 Å². The molecule has 1 atom stereocenters. The molecule has 2 heterocycles. The van der Waals surface area contributed by atoms with Crippen LogP contribution in [0.4, 0.5) is 0 Å². The second kappa shape index (κ2) is 7.63. The first-order valence-corrected chi connectivity index (χ1v) is 11.7. The van der Waals surface area contributed by atoms with Gasteiger partial charge in [0.1, 0.15) is 4.90 Å². The lowest BCUT2D eigenvalue weighted by Crippen LogP contribution is -2.45. The normalized spacial score (nSPS) is 17.8. The third-order valence-electron chi connectivity index (χ3n) is 5.62. The average molecular weight is 462 g/mol. The van der Waals surface area contributed by atoms with Crippen LogP contribution >= 0.6 is 15.9 Å². The summed E-state index contributed by atoms with van der Waals surface area (Å²) in [6, 6.07) is 14.9. The maximum absolute atomic E-state index is 13.4. The molecule has 0 amide bonds. The van der Waals surface area contributed by atoms with E-state index < -0.39 is 10.0 Å². The Bertz CT molecular complexity index is 1100. The molecule has 0 radical (unpaired) electrons. The van der Waals surface area contributed by atoms with Gasteiger partial charge in [0.25, 0.3) is 10.0 Å². The van der Waals surface area contributed by atoms with Crippen LogP contribution in [0.25, 0.3) is 10.9 Å². The van der Waals surface area contributed by atoms with Gasteiger partial charge in [0.2, 0.25) is 0 Å². The molecule has 4 rings (SSSR count). The summed E-state index contributed by atoms with van der Waals surface area (Å²) >= 11 is 3.39. The van der Waals surface area contributed by atoms with Crippen molar-refractivity contribution in [3.05, 3.63) is 64.8 Å². The van der Waals surface area contributed by atoms with E-state index in [1.807, 2.05) is 36.5 Å². The largest absolute Gasteiger partial charge is 0.304 e. The van der Waals surface area contributed by atoms with Crippen LogP contribution in [0.1, 0.15) is 18.5 Å². The number of para-hydroxylation sites is 1. The standard InChI is InChI=1S/C21H24BrN3O2S/c1-16(24-13-11-23(2)12-14-24)18-15-25(20-9-5-3-7-17(18)20)28(26,27)21-10-6-4-8-19(21)22/h3-10,15-16H,11-14H2,1-2H3. The topological polar surface area (TPSA) is 45.6 Å². The van der Waals surface area contributed by atoms with Crippen LogP contribution < -0.4 is 0 Å². The highest BCUT2D eigenvalue weighted by Gasteiger charge is 2.27. The third-order valence-corrected chi connectivity index (χ3v) is 8.30. The summed E-state index contributed by atoms with van der Waals surface area (Å²) in [6.07, 6.45) is 1.81. The van der Waals surface area contributed by atoms with E-state index >= 15 is 0 Å². The number of hydrogen-bond donors (Lipinski definition) is 0. The fourth-order valence-electron chi connectivity index (χ4n) is 3.87. The minimum absolute atomic E-state index is 0.147. The zero-order valence-corrected chi connectivity index (χ0v) is 18.4. The van der Waals surface area contributed by atoms with Crippen LogP contribution in [0.15, 0.2) is 64.1 Å². The van der Waals surface area contributed by atoms with Gasteiger partial charge < -0.3 is 4.90 Å². The summed E-state index contributed by atoms with van der Waals surface area (Å²) < 4.78 is 28.9. The molecule has 0 spiro atoms. The highest BCUT2D eigenvalue weighted by Crippen LogP contribution is 2.34. The van der Waals surface area contributed by atoms with Crippen molar-refractivity contribution in [2.45, 2.75) is 17.9 Å². The molecule has 3 aromatic rings. The lowest BCUT2D eigenvalue weighted by atomic mass is 10.1. The number of fused-ring (bicyclic) bond motifs is 1. The number of rotatable bonds is 4. The molecule has 1 fully saturated rings. The Morgan fingerprint density at radius 2 is 1.61 bits per heavy atom. The predicted molar refractivity (Wildman–Crippen MR) is 116 cm³/mol. The van der Waals surface area contributed by atoms with Gasteiger partial charge in [-0.15, -0.1) is 0 Å². The number of benzene rings is 2. The van der Waals surface area contributed by atoms with Crippen molar-refractivity contribution < 1.29 is 8.42 Å². The molecule has 1 saturated heterocycles. The Morgan fingerprint density at radius 1 is 0.964 bits per heavy atom. The SMILES string of the molecule is CC(c1cn(S(=O)(=O)c2ccccc2Br)c2ccccc12)N1CCN(C)CC1. The quantitative estimate of drug-likeness (QED) is 0.589. The van der Waals surface area contributed by atoms with Gasteiger partial charge in [-0.25, -0.2) is 12.4 Å². The van der Waals surface area contributed by atoms with Crippen molar-refractivity contribution in [1.29, 1.82) is 0 Å². The molecule has 28 heavy (non-hydrogen) atoms. The number of halogens is 1. The molecule has 5 nitrogen and oxygen atoms in total. The summed E-state index contributed by atoms with van der Waals surface area (Å²) in [7, 11) is -1.57. The van der Waals surface area contributed by atoms with Gasteiger partial charge in [-0.2, -0.15) is 0 Å². The lowest BCUT2D eigenvalue weighted by Gasteiger charge is -2.36. The molecule has 1 aliphatic heterocycles.